The van der Waals surface area contributed by atoms with Crippen LogP contribution in [-0.4, -0.2) is 65.7 Å². The third-order valence-electron chi connectivity index (χ3n) is 7.02. The van der Waals surface area contributed by atoms with Crippen LogP contribution in [0.25, 0.3) is 0 Å². The molecule has 0 spiro atoms. The lowest BCUT2D eigenvalue weighted by atomic mass is 10.0. The highest BCUT2D eigenvalue weighted by molar-refractivity contribution is 7.18. The van der Waals surface area contributed by atoms with E-state index in [1.807, 2.05) is 0 Å². The summed E-state index contributed by atoms with van der Waals surface area (Å²) in [5.41, 5.74) is -0.898. The summed E-state index contributed by atoms with van der Waals surface area (Å²) in [4.78, 5) is 40.0. The number of ether oxygens (including phenoxy) is 3. The second kappa shape index (κ2) is 14.0. The normalized spacial score (nSPS) is 14.8. The number of nitrogens with one attached hydrogen (secondary N) is 1. The number of piperazine rings is 1. The number of methoxy groups -OCH3 is 1. The third-order valence-corrected chi connectivity index (χ3v) is 8.03. The van der Waals surface area contributed by atoms with Crippen LogP contribution in [0.1, 0.15) is 60.2 Å². The van der Waals surface area contributed by atoms with E-state index >= 15 is 0 Å². The number of rotatable bonds is 9. The van der Waals surface area contributed by atoms with Crippen molar-refractivity contribution in [1.29, 1.82) is 0 Å². The molecule has 0 radical (unpaired) electrons. The first-order chi connectivity index (χ1) is 21.6. The summed E-state index contributed by atoms with van der Waals surface area (Å²) in [5.74, 6) is -0.816. The predicted molar refractivity (Wildman–Crippen MR) is 166 cm³/mol. The Balaban J connectivity index is 1.53. The number of thiophene rings is 1. The summed E-state index contributed by atoms with van der Waals surface area (Å²) in [6, 6.07) is 11.0. The van der Waals surface area contributed by atoms with Gasteiger partial charge in [0.25, 0.3) is 5.69 Å². The molecule has 3 aromatic rings. The molecule has 1 aromatic heterocycles. The van der Waals surface area contributed by atoms with Crippen LogP contribution < -0.4 is 10.1 Å². The summed E-state index contributed by atoms with van der Waals surface area (Å²) in [5, 5.41) is 15.1. The number of benzene rings is 2. The molecule has 1 saturated heterocycles. The van der Waals surface area contributed by atoms with Crippen molar-refractivity contribution < 1.29 is 41.9 Å². The summed E-state index contributed by atoms with van der Waals surface area (Å²) in [6.45, 7) is 9.38. The van der Waals surface area contributed by atoms with Gasteiger partial charge in [0, 0.05) is 50.4 Å². The number of anilines is 2. The molecule has 0 aliphatic carbocycles. The van der Waals surface area contributed by atoms with Crippen molar-refractivity contribution in [3.05, 3.63) is 80.2 Å². The van der Waals surface area contributed by atoms with Gasteiger partial charge in [-0.3, -0.25) is 15.0 Å². The topological polar surface area (TPSA) is 123 Å². The summed E-state index contributed by atoms with van der Waals surface area (Å²) in [7, 11) is 1.16. The molecule has 0 bridgehead atoms. The summed E-state index contributed by atoms with van der Waals surface area (Å²) < 4.78 is 57.0. The van der Waals surface area contributed by atoms with Crippen LogP contribution in [0.2, 0.25) is 0 Å². The highest BCUT2D eigenvalue weighted by atomic mass is 32.1. The Kier molecular flexibility index (Phi) is 10.5. The average molecular weight is 665 g/mol. The van der Waals surface area contributed by atoms with E-state index in [4.69, 9.17) is 14.2 Å². The van der Waals surface area contributed by atoms with Gasteiger partial charge in [-0.1, -0.05) is 24.3 Å². The first kappa shape index (κ1) is 34.5. The molecule has 1 unspecified atom stereocenters. The van der Waals surface area contributed by atoms with E-state index in [2.05, 4.69) is 10.2 Å². The van der Waals surface area contributed by atoms with Crippen LogP contribution in [-0.2, 0) is 22.2 Å². The van der Waals surface area contributed by atoms with Gasteiger partial charge in [-0.25, -0.2) is 9.59 Å². The maximum absolute atomic E-state index is 13.6. The van der Waals surface area contributed by atoms with E-state index in [1.165, 1.54) is 37.3 Å². The maximum Gasteiger partial charge on any atom is 0.416 e. The fourth-order valence-electron chi connectivity index (χ4n) is 4.87. The molecule has 1 fully saturated rings. The highest BCUT2D eigenvalue weighted by Gasteiger charge is 2.35. The van der Waals surface area contributed by atoms with Gasteiger partial charge in [-0.15, -0.1) is 11.3 Å². The monoisotopic (exact) mass is 664 g/mol. The largest absolute Gasteiger partial charge is 0.484 e. The number of carbonyl (C=O) groups is 2. The van der Waals surface area contributed by atoms with Crippen molar-refractivity contribution in [2.24, 2.45) is 0 Å². The zero-order chi connectivity index (χ0) is 33.8. The Labute approximate surface area is 268 Å². The average Bonchev–Trinajstić information content (AvgIpc) is 3.37. The zero-order valence-electron chi connectivity index (χ0n) is 26.0. The van der Waals surface area contributed by atoms with Gasteiger partial charge in [-0.2, -0.15) is 13.2 Å². The minimum absolute atomic E-state index is 0.0250. The first-order valence-electron chi connectivity index (χ1n) is 14.3. The van der Waals surface area contributed by atoms with E-state index < -0.39 is 34.3 Å². The fraction of sp³-hybridized carbons (Fsp3) is 0.419. The highest BCUT2D eigenvalue weighted by Crippen LogP contribution is 2.41. The number of nitrogens with zero attached hydrogens (tertiary/aromatic N) is 3. The molecular weight excluding hydrogens is 629 g/mol. The Morgan fingerprint density at radius 3 is 2.35 bits per heavy atom. The summed E-state index contributed by atoms with van der Waals surface area (Å²) >= 11 is 0.887. The lowest BCUT2D eigenvalue weighted by molar-refractivity contribution is -0.383. The smallest absolute Gasteiger partial charge is 0.416 e. The lowest BCUT2D eigenvalue weighted by Gasteiger charge is -2.35. The number of nitro groups is 1. The van der Waals surface area contributed by atoms with Crippen molar-refractivity contribution in [1.82, 2.24) is 9.80 Å². The molecule has 4 rings (SSSR count). The van der Waals surface area contributed by atoms with Gasteiger partial charge < -0.3 is 24.4 Å². The standard InChI is InChI=1S/C31H35F3N4O7S/c1-19(21-8-6-7-9-22(21)31(32,33)34)44-25-17-26(46-27(25)28(39)43-5)35-23-16-20(10-11-24(23)38(41)42)18-36-12-14-37(15-13-36)29(40)45-30(2,3)4/h6-11,16-17,19,35H,12-15,18H2,1-5H3. The van der Waals surface area contributed by atoms with Crippen LogP contribution in [0, 0.1) is 10.1 Å². The molecule has 11 nitrogen and oxygen atoms in total. The summed E-state index contributed by atoms with van der Waals surface area (Å²) in [6.07, 6.45) is -6.09. The Bertz CT molecular complexity index is 1580. The Morgan fingerprint density at radius 1 is 1.07 bits per heavy atom. The van der Waals surface area contributed by atoms with Crippen molar-refractivity contribution in [2.45, 2.75) is 52.1 Å². The second-order valence-electron chi connectivity index (χ2n) is 11.6. The fourth-order valence-corrected chi connectivity index (χ4v) is 5.79. The number of carbonyl (C=O) groups excluding carboxylic acids is 2. The van der Waals surface area contributed by atoms with Crippen LogP contribution in [0.3, 0.4) is 0 Å². The number of amides is 1. The number of hydrogen-bond donors (Lipinski definition) is 1. The van der Waals surface area contributed by atoms with Crippen LogP contribution in [0.5, 0.6) is 5.75 Å². The second-order valence-corrected chi connectivity index (χ2v) is 12.7. The number of alkyl halides is 3. The van der Waals surface area contributed by atoms with Gasteiger partial charge in [0.15, 0.2) is 4.88 Å². The van der Waals surface area contributed by atoms with E-state index in [1.54, 1.807) is 37.8 Å². The Morgan fingerprint density at radius 2 is 1.74 bits per heavy atom. The van der Waals surface area contributed by atoms with E-state index in [0.717, 1.165) is 30.1 Å². The first-order valence-corrected chi connectivity index (χ1v) is 15.2. The minimum atomic E-state index is -4.61. The number of nitro benzene ring substituents is 1. The van der Waals surface area contributed by atoms with E-state index in [9.17, 15) is 32.9 Å². The molecule has 1 atom stereocenters. The maximum atomic E-state index is 13.6. The van der Waals surface area contributed by atoms with E-state index in [0.29, 0.717) is 32.7 Å². The predicted octanol–water partition coefficient (Wildman–Crippen LogP) is 7.40. The van der Waals surface area contributed by atoms with Gasteiger partial charge in [0.05, 0.1) is 22.6 Å². The van der Waals surface area contributed by atoms with Gasteiger partial charge in [-0.05, 0) is 45.4 Å². The van der Waals surface area contributed by atoms with Gasteiger partial charge >= 0.3 is 18.2 Å². The molecule has 2 heterocycles. The molecule has 248 valence electrons. The minimum Gasteiger partial charge on any atom is -0.484 e. The number of halogens is 3. The molecule has 1 aliphatic heterocycles. The van der Waals surface area contributed by atoms with Crippen molar-refractivity contribution in [2.75, 3.05) is 38.6 Å². The van der Waals surface area contributed by atoms with Crippen LogP contribution >= 0.6 is 11.3 Å². The molecule has 15 heteroatoms. The molecular formula is C31H35F3N4O7S. The van der Waals surface area contributed by atoms with Gasteiger partial charge in [0.1, 0.15) is 23.1 Å². The number of hydrogen-bond acceptors (Lipinski definition) is 10. The van der Waals surface area contributed by atoms with Crippen LogP contribution in [0.15, 0.2) is 48.5 Å². The molecule has 1 aliphatic rings. The van der Waals surface area contributed by atoms with Gasteiger partial charge in [0.2, 0.25) is 0 Å². The van der Waals surface area contributed by atoms with Crippen LogP contribution in [0.4, 0.5) is 34.3 Å². The van der Waals surface area contributed by atoms with Crippen molar-refractivity contribution in [3.63, 3.8) is 0 Å². The molecule has 1 N–H and O–H groups in total. The third kappa shape index (κ3) is 8.66. The number of esters is 1. The lowest BCUT2D eigenvalue weighted by Crippen LogP contribution is -2.49. The van der Waals surface area contributed by atoms with E-state index in [-0.39, 0.29) is 38.7 Å². The molecule has 46 heavy (non-hydrogen) atoms. The SMILES string of the molecule is COC(=O)c1sc(Nc2cc(CN3CCN(C(=O)OC(C)(C)C)CC3)ccc2[N+](=O)[O-])cc1OC(C)c1ccccc1C(F)(F)F. The molecule has 0 saturated carbocycles. The Hall–Kier alpha value is -4.37. The van der Waals surface area contributed by atoms with Crippen molar-refractivity contribution in [3.8, 4) is 5.75 Å². The van der Waals surface area contributed by atoms with Crippen molar-refractivity contribution >= 4 is 39.8 Å². The molecule has 2 aromatic carbocycles. The quantitative estimate of drug-likeness (QED) is 0.142. The zero-order valence-corrected chi connectivity index (χ0v) is 26.8. The molecule has 1 amide bonds.